The van der Waals surface area contributed by atoms with Gasteiger partial charge in [0.25, 0.3) is 5.91 Å². The van der Waals surface area contributed by atoms with Crippen molar-refractivity contribution in [1.82, 2.24) is 15.1 Å². The molecule has 5 heteroatoms. The molecular weight excluding hydrogens is 314 g/mol. The Morgan fingerprint density at radius 3 is 2.68 bits per heavy atom. The number of nitrogens with one attached hydrogen (secondary N) is 1. The van der Waals surface area contributed by atoms with E-state index in [1.807, 2.05) is 35.0 Å². The number of benzene rings is 1. The summed E-state index contributed by atoms with van der Waals surface area (Å²) in [4.78, 5) is 12.6. The van der Waals surface area contributed by atoms with Gasteiger partial charge in [0.2, 0.25) is 0 Å². The normalized spacial score (nSPS) is 15.4. The van der Waals surface area contributed by atoms with Gasteiger partial charge in [0.1, 0.15) is 0 Å². The first-order valence-corrected chi connectivity index (χ1v) is 9.13. The van der Waals surface area contributed by atoms with E-state index in [0.29, 0.717) is 30.4 Å². The minimum Gasteiger partial charge on any atom is -0.388 e. The lowest BCUT2D eigenvalue weighted by atomic mass is 10.1. The van der Waals surface area contributed by atoms with E-state index < -0.39 is 6.10 Å². The van der Waals surface area contributed by atoms with E-state index in [2.05, 4.69) is 24.3 Å². The van der Waals surface area contributed by atoms with Crippen LogP contribution in [0.3, 0.4) is 0 Å². The molecule has 1 unspecified atom stereocenters. The number of amides is 1. The molecule has 1 aliphatic carbocycles. The van der Waals surface area contributed by atoms with Crippen LogP contribution in [0.25, 0.3) is 0 Å². The Kier molecular flexibility index (Phi) is 5.53. The van der Waals surface area contributed by atoms with Crippen LogP contribution in [0.4, 0.5) is 0 Å². The molecule has 1 aromatic carbocycles. The third-order valence-electron chi connectivity index (χ3n) is 4.51. The molecule has 1 amide bonds. The minimum atomic E-state index is -0.562. The number of aromatic nitrogens is 2. The van der Waals surface area contributed by atoms with Crippen molar-refractivity contribution in [3.63, 3.8) is 0 Å². The van der Waals surface area contributed by atoms with Gasteiger partial charge >= 0.3 is 0 Å². The second kappa shape index (κ2) is 7.83. The van der Waals surface area contributed by atoms with Gasteiger partial charge in [-0.25, -0.2) is 0 Å². The number of hydrogen-bond donors (Lipinski definition) is 2. The van der Waals surface area contributed by atoms with Gasteiger partial charge in [0.15, 0.2) is 0 Å². The predicted molar refractivity (Wildman–Crippen MR) is 97.4 cm³/mol. The van der Waals surface area contributed by atoms with Crippen molar-refractivity contribution in [3.8, 4) is 0 Å². The smallest absolute Gasteiger partial charge is 0.254 e. The zero-order chi connectivity index (χ0) is 17.8. The van der Waals surface area contributed by atoms with Crippen LogP contribution < -0.4 is 5.32 Å². The number of carbonyl (C=O) groups is 1. The van der Waals surface area contributed by atoms with Crippen LogP contribution >= 0.6 is 0 Å². The SMILES string of the molecule is CC(C)Cn1ncc(C(=O)NCCC(O)c2ccccc2)c1C1CC1. The zero-order valence-corrected chi connectivity index (χ0v) is 15.0. The van der Waals surface area contributed by atoms with Crippen LogP contribution in [-0.2, 0) is 6.54 Å². The average molecular weight is 341 g/mol. The molecule has 134 valence electrons. The van der Waals surface area contributed by atoms with Crippen molar-refractivity contribution in [2.45, 2.75) is 51.7 Å². The van der Waals surface area contributed by atoms with Gasteiger partial charge in [-0.2, -0.15) is 5.10 Å². The summed E-state index contributed by atoms with van der Waals surface area (Å²) in [5, 5.41) is 17.6. The molecule has 2 aromatic rings. The zero-order valence-electron chi connectivity index (χ0n) is 15.0. The second-order valence-corrected chi connectivity index (χ2v) is 7.26. The van der Waals surface area contributed by atoms with Crippen molar-refractivity contribution in [3.05, 3.63) is 53.3 Å². The van der Waals surface area contributed by atoms with Crippen LogP contribution in [0.15, 0.2) is 36.5 Å². The molecule has 1 atom stereocenters. The molecule has 1 fully saturated rings. The van der Waals surface area contributed by atoms with Crippen LogP contribution in [-0.4, -0.2) is 27.3 Å². The quantitative estimate of drug-likeness (QED) is 0.774. The number of carbonyl (C=O) groups excluding carboxylic acids is 1. The average Bonchev–Trinajstić information content (AvgIpc) is 3.35. The maximum Gasteiger partial charge on any atom is 0.254 e. The molecule has 3 rings (SSSR count). The Morgan fingerprint density at radius 2 is 2.04 bits per heavy atom. The van der Waals surface area contributed by atoms with Gasteiger partial charge in [0, 0.05) is 19.0 Å². The van der Waals surface area contributed by atoms with E-state index in [0.717, 1.165) is 30.6 Å². The van der Waals surface area contributed by atoms with E-state index in [9.17, 15) is 9.90 Å². The van der Waals surface area contributed by atoms with Gasteiger partial charge in [-0.05, 0) is 30.7 Å². The molecule has 1 aliphatic rings. The molecule has 25 heavy (non-hydrogen) atoms. The van der Waals surface area contributed by atoms with E-state index in [4.69, 9.17) is 0 Å². The number of aliphatic hydroxyl groups excluding tert-OH is 1. The molecule has 0 bridgehead atoms. The van der Waals surface area contributed by atoms with Gasteiger partial charge in [-0.15, -0.1) is 0 Å². The van der Waals surface area contributed by atoms with Crippen molar-refractivity contribution in [1.29, 1.82) is 0 Å². The van der Waals surface area contributed by atoms with Gasteiger partial charge in [-0.1, -0.05) is 44.2 Å². The number of hydrogen-bond acceptors (Lipinski definition) is 3. The Balaban J connectivity index is 1.59. The highest BCUT2D eigenvalue weighted by molar-refractivity contribution is 5.95. The van der Waals surface area contributed by atoms with Crippen LogP contribution in [0, 0.1) is 5.92 Å². The summed E-state index contributed by atoms with van der Waals surface area (Å²) < 4.78 is 2.00. The molecule has 0 radical (unpaired) electrons. The summed E-state index contributed by atoms with van der Waals surface area (Å²) >= 11 is 0. The van der Waals surface area contributed by atoms with Crippen molar-refractivity contribution in [2.24, 2.45) is 5.92 Å². The summed E-state index contributed by atoms with van der Waals surface area (Å²) in [6.07, 6.45) is 3.90. The second-order valence-electron chi connectivity index (χ2n) is 7.26. The fourth-order valence-corrected chi connectivity index (χ4v) is 3.11. The Hall–Kier alpha value is -2.14. The minimum absolute atomic E-state index is 0.0860. The standard InChI is InChI=1S/C20H27N3O2/c1-14(2)13-23-19(16-8-9-16)17(12-22-23)20(25)21-11-10-18(24)15-6-4-3-5-7-15/h3-7,12,14,16,18,24H,8-11,13H2,1-2H3,(H,21,25). The monoisotopic (exact) mass is 341 g/mol. The third-order valence-corrected chi connectivity index (χ3v) is 4.51. The van der Waals surface area contributed by atoms with Gasteiger partial charge < -0.3 is 10.4 Å². The molecule has 0 saturated heterocycles. The van der Waals surface area contributed by atoms with E-state index in [1.165, 1.54) is 0 Å². The Labute approximate surface area is 149 Å². The largest absolute Gasteiger partial charge is 0.388 e. The highest BCUT2D eigenvalue weighted by atomic mass is 16.3. The van der Waals surface area contributed by atoms with Gasteiger partial charge in [-0.3, -0.25) is 9.48 Å². The van der Waals surface area contributed by atoms with E-state index in [-0.39, 0.29) is 5.91 Å². The first-order valence-electron chi connectivity index (χ1n) is 9.13. The topological polar surface area (TPSA) is 67.2 Å². The first-order chi connectivity index (χ1) is 12.1. The summed E-state index contributed by atoms with van der Waals surface area (Å²) in [7, 11) is 0. The molecule has 0 spiro atoms. The van der Waals surface area contributed by atoms with Crippen LogP contribution in [0.5, 0.6) is 0 Å². The summed E-state index contributed by atoms with van der Waals surface area (Å²) in [5.74, 6) is 0.878. The molecule has 1 heterocycles. The maximum absolute atomic E-state index is 12.6. The summed E-state index contributed by atoms with van der Waals surface area (Å²) in [6, 6.07) is 9.53. The lowest BCUT2D eigenvalue weighted by Crippen LogP contribution is -2.26. The lowest BCUT2D eigenvalue weighted by molar-refractivity contribution is 0.0941. The molecular formula is C20H27N3O2. The lowest BCUT2D eigenvalue weighted by Gasteiger charge is -2.13. The number of nitrogens with zero attached hydrogens (tertiary/aromatic N) is 2. The molecule has 1 aromatic heterocycles. The summed E-state index contributed by atoms with van der Waals surface area (Å²) in [5.41, 5.74) is 2.65. The first kappa shape index (κ1) is 17.7. The molecule has 0 aliphatic heterocycles. The highest BCUT2D eigenvalue weighted by Gasteiger charge is 2.32. The van der Waals surface area contributed by atoms with Crippen molar-refractivity contribution in [2.75, 3.05) is 6.54 Å². The third kappa shape index (κ3) is 4.48. The van der Waals surface area contributed by atoms with E-state index in [1.54, 1.807) is 6.20 Å². The van der Waals surface area contributed by atoms with Crippen LogP contribution in [0.2, 0.25) is 0 Å². The van der Waals surface area contributed by atoms with Crippen LogP contribution in [0.1, 0.15) is 66.7 Å². The highest BCUT2D eigenvalue weighted by Crippen LogP contribution is 2.41. The Bertz CT molecular complexity index is 705. The molecule has 1 saturated carbocycles. The fourth-order valence-electron chi connectivity index (χ4n) is 3.11. The Morgan fingerprint density at radius 1 is 1.32 bits per heavy atom. The van der Waals surface area contributed by atoms with Crippen molar-refractivity contribution >= 4 is 5.91 Å². The number of rotatable bonds is 8. The van der Waals surface area contributed by atoms with Gasteiger partial charge in [0.05, 0.1) is 23.6 Å². The number of aliphatic hydroxyl groups is 1. The summed E-state index contributed by atoms with van der Waals surface area (Å²) in [6.45, 7) is 5.59. The molecule has 5 nitrogen and oxygen atoms in total. The van der Waals surface area contributed by atoms with E-state index >= 15 is 0 Å². The predicted octanol–water partition coefficient (Wildman–Crippen LogP) is 3.27. The molecule has 2 N–H and O–H groups in total. The van der Waals surface area contributed by atoms with Crippen molar-refractivity contribution < 1.29 is 9.90 Å². The fraction of sp³-hybridized carbons (Fsp3) is 0.500. The maximum atomic E-state index is 12.6.